The molecule has 1 aromatic heterocycles. The van der Waals surface area contributed by atoms with Gasteiger partial charge in [-0.1, -0.05) is 30.3 Å². The number of ether oxygens (including phenoxy) is 1. The highest BCUT2D eigenvalue weighted by Gasteiger charge is 2.29. The molecule has 5 rings (SSSR count). The van der Waals surface area contributed by atoms with E-state index in [1.54, 1.807) is 29.7 Å². The van der Waals surface area contributed by atoms with Crippen LogP contribution in [0.15, 0.2) is 60.1 Å². The first-order valence-corrected chi connectivity index (χ1v) is 10.9. The molecule has 2 aliphatic heterocycles. The number of aromatic nitrogens is 1. The minimum absolute atomic E-state index is 0.00629. The number of piperazine rings is 1. The van der Waals surface area contributed by atoms with Crippen molar-refractivity contribution in [2.75, 3.05) is 31.1 Å². The number of fused-ring (bicyclic) bond motifs is 1. The third kappa shape index (κ3) is 3.57. The van der Waals surface area contributed by atoms with E-state index in [-0.39, 0.29) is 18.0 Å². The molecule has 0 saturated carbocycles. The molecule has 3 aromatic rings. The van der Waals surface area contributed by atoms with Crippen LogP contribution in [0.3, 0.4) is 0 Å². The zero-order valence-corrected chi connectivity index (χ0v) is 17.2. The van der Waals surface area contributed by atoms with Crippen molar-refractivity contribution < 1.29 is 14.3 Å². The summed E-state index contributed by atoms with van der Waals surface area (Å²) in [6, 6.07) is 15.0. The lowest BCUT2D eigenvalue weighted by Gasteiger charge is -2.34. The molecule has 6 nitrogen and oxygen atoms in total. The number of carbonyl (C=O) groups is 2. The SMILES string of the molecule is O=C1O[C@@H](c2ccccc2)Cc2cc(C(=O)N3CCN(c4nccs4)CC3)ccc21. The third-order valence-corrected chi connectivity index (χ3v) is 6.49. The number of amides is 1. The first-order chi connectivity index (χ1) is 14.7. The van der Waals surface area contributed by atoms with Crippen molar-refractivity contribution in [3.05, 3.63) is 82.4 Å². The minimum atomic E-state index is -0.332. The van der Waals surface area contributed by atoms with Crippen LogP contribution < -0.4 is 4.90 Å². The Balaban J connectivity index is 1.32. The molecule has 1 fully saturated rings. The van der Waals surface area contributed by atoms with E-state index in [0.29, 0.717) is 30.6 Å². The van der Waals surface area contributed by atoms with Crippen molar-refractivity contribution in [2.24, 2.45) is 0 Å². The predicted molar refractivity (Wildman–Crippen MR) is 115 cm³/mol. The van der Waals surface area contributed by atoms with Crippen LogP contribution >= 0.6 is 11.3 Å². The molecule has 2 aliphatic rings. The van der Waals surface area contributed by atoms with Crippen molar-refractivity contribution >= 4 is 28.3 Å². The smallest absolute Gasteiger partial charge is 0.339 e. The predicted octanol–water partition coefficient (Wildman–Crippen LogP) is 3.56. The van der Waals surface area contributed by atoms with Gasteiger partial charge in [0.25, 0.3) is 5.91 Å². The standard InChI is InChI=1S/C23H21N3O3S/c27-21(25-9-11-26(12-10-25)23-24-8-13-30-23)17-6-7-19-18(14-17)15-20(29-22(19)28)16-4-2-1-3-5-16/h1-8,13-14,20H,9-12,15H2/t20-/m1/s1. The minimum Gasteiger partial charge on any atom is -0.454 e. The third-order valence-electron chi connectivity index (χ3n) is 5.65. The molecule has 0 bridgehead atoms. The number of cyclic esters (lactones) is 1. The highest BCUT2D eigenvalue weighted by Crippen LogP contribution is 2.31. The van der Waals surface area contributed by atoms with Gasteiger partial charge in [0.2, 0.25) is 0 Å². The molecular weight excluding hydrogens is 398 g/mol. The zero-order chi connectivity index (χ0) is 20.5. The maximum Gasteiger partial charge on any atom is 0.339 e. The average molecular weight is 420 g/mol. The van der Waals surface area contributed by atoms with E-state index in [2.05, 4.69) is 9.88 Å². The summed E-state index contributed by atoms with van der Waals surface area (Å²) in [5, 5.41) is 2.97. The molecule has 0 radical (unpaired) electrons. The zero-order valence-electron chi connectivity index (χ0n) is 16.4. The van der Waals surface area contributed by atoms with Crippen LogP contribution in [0.5, 0.6) is 0 Å². The van der Waals surface area contributed by atoms with Gasteiger partial charge in [-0.3, -0.25) is 4.79 Å². The van der Waals surface area contributed by atoms with Crippen molar-refractivity contribution in [3.63, 3.8) is 0 Å². The molecule has 7 heteroatoms. The molecule has 0 spiro atoms. The summed E-state index contributed by atoms with van der Waals surface area (Å²) in [4.78, 5) is 34.0. The van der Waals surface area contributed by atoms with Gasteiger partial charge in [-0.05, 0) is 29.3 Å². The van der Waals surface area contributed by atoms with E-state index >= 15 is 0 Å². The number of anilines is 1. The monoisotopic (exact) mass is 419 g/mol. The average Bonchev–Trinajstić information content (AvgIpc) is 3.34. The Kier molecular flexibility index (Phi) is 4.96. The van der Waals surface area contributed by atoms with E-state index in [0.717, 1.165) is 29.3 Å². The Bertz CT molecular complexity index is 1060. The van der Waals surface area contributed by atoms with Gasteiger partial charge in [-0.25, -0.2) is 9.78 Å². The fourth-order valence-electron chi connectivity index (χ4n) is 4.04. The maximum absolute atomic E-state index is 13.1. The molecule has 3 heterocycles. The topological polar surface area (TPSA) is 62.7 Å². The number of nitrogens with zero attached hydrogens (tertiary/aromatic N) is 3. The lowest BCUT2D eigenvalue weighted by atomic mass is 9.93. The molecule has 30 heavy (non-hydrogen) atoms. The van der Waals surface area contributed by atoms with Gasteiger partial charge in [-0.15, -0.1) is 11.3 Å². The fraction of sp³-hybridized carbons (Fsp3) is 0.261. The molecule has 0 unspecified atom stereocenters. The molecule has 0 aliphatic carbocycles. The lowest BCUT2D eigenvalue weighted by Crippen LogP contribution is -2.48. The largest absolute Gasteiger partial charge is 0.454 e. The number of hydrogen-bond donors (Lipinski definition) is 0. The van der Waals surface area contributed by atoms with E-state index in [9.17, 15) is 9.59 Å². The highest BCUT2D eigenvalue weighted by atomic mass is 32.1. The van der Waals surface area contributed by atoms with Gasteiger partial charge >= 0.3 is 5.97 Å². The number of thiazole rings is 1. The second-order valence-corrected chi connectivity index (χ2v) is 8.35. The van der Waals surface area contributed by atoms with Gasteiger partial charge in [0, 0.05) is 49.7 Å². The Morgan fingerprint density at radius 1 is 1.07 bits per heavy atom. The van der Waals surface area contributed by atoms with Crippen molar-refractivity contribution in [1.82, 2.24) is 9.88 Å². The number of carbonyl (C=O) groups excluding carboxylic acids is 2. The summed E-state index contributed by atoms with van der Waals surface area (Å²) in [7, 11) is 0. The van der Waals surface area contributed by atoms with Crippen LogP contribution in [0.1, 0.15) is 37.9 Å². The number of rotatable bonds is 3. The van der Waals surface area contributed by atoms with Crippen LogP contribution in [0.4, 0.5) is 5.13 Å². The van der Waals surface area contributed by atoms with Crippen LogP contribution in [-0.2, 0) is 11.2 Å². The van der Waals surface area contributed by atoms with Gasteiger partial charge < -0.3 is 14.5 Å². The molecular formula is C23H21N3O3S. The van der Waals surface area contributed by atoms with Crippen LogP contribution in [0.2, 0.25) is 0 Å². The Hall–Kier alpha value is -3.19. The van der Waals surface area contributed by atoms with E-state index < -0.39 is 0 Å². The fourth-order valence-corrected chi connectivity index (χ4v) is 4.73. The van der Waals surface area contributed by atoms with Crippen molar-refractivity contribution in [1.29, 1.82) is 0 Å². The number of esters is 1. The molecule has 1 atom stereocenters. The first kappa shape index (κ1) is 18.8. The molecule has 2 aromatic carbocycles. The van der Waals surface area contributed by atoms with Crippen molar-refractivity contribution in [2.45, 2.75) is 12.5 Å². The van der Waals surface area contributed by atoms with Gasteiger partial charge in [0.05, 0.1) is 5.56 Å². The molecule has 1 saturated heterocycles. The van der Waals surface area contributed by atoms with Gasteiger partial charge in [0.15, 0.2) is 5.13 Å². The normalized spacial score (nSPS) is 18.7. The molecule has 0 N–H and O–H groups in total. The van der Waals surface area contributed by atoms with Crippen LogP contribution in [0.25, 0.3) is 0 Å². The number of benzene rings is 2. The summed E-state index contributed by atoms with van der Waals surface area (Å²) < 4.78 is 5.62. The summed E-state index contributed by atoms with van der Waals surface area (Å²) >= 11 is 1.62. The maximum atomic E-state index is 13.1. The van der Waals surface area contributed by atoms with Crippen LogP contribution in [0, 0.1) is 0 Å². The summed E-state index contributed by atoms with van der Waals surface area (Å²) in [6.45, 7) is 2.85. The summed E-state index contributed by atoms with van der Waals surface area (Å²) in [6.07, 6.45) is 2.06. The first-order valence-electron chi connectivity index (χ1n) is 10.0. The number of hydrogen-bond acceptors (Lipinski definition) is 6. The van der Waals surface area contributed by atoms with Gasteiger partial charge in [0.1, 0.15) is 6.10 Å². The Morgan fingerprint density at radius 3 is 2.60 bits per heavy atom. The molecule has 152 valence electrons. The van der Waals surface area contributed by atoms with E-state index in [1.807, 2.05) is 46.7 Å². The van der Waals surface area contributed by atoms with Gasteiger partial charge in [-0.2, -0.15) is 0 Å². The van der Waals surface area contributed by atoms with E-state index in [4.69, 9.17) is 4.74 Å². The van der Waals surface area contributed by atoms with Crippen LogP contribution in [-0.4, -0.2) is 47.9 Å². The quantitative estimate of drug-likeness (QED) is 0.608. The highest BCUT2D eigenvalue weighted by molar-refractivity contribution is 7.13. The Morgan fingerprint density at radius 2 is 1.87 bits per heavy atom. The second kappa shape index (κ2) is 7.91. The summed E-state index contributed by atoms with van der Waals surface area (Å²) in [5.41, 5.74) is 3.00. The second-order valence-electron chi connectivity index (χ2n) is 7.47. The van der Waals surface area contributed by atoms with E-state index in [1.165, 1.54) is 0 Å². The molecule has 1 amide bonds. The Labute approximate surface area is 178 Å². The van der Waals surface area contributed by atoms with Crippen molar-refractivity contribution in [3.8, 4) is 0 Å². The lowest BCUT2D eigenvalue weighted by molar-refractivity contribution is 0.0252. The summed E-state index contributed by atoms with van der Waals surface area (Å²) in [5.74, 6) is -0.326.